The fourth-order valence-corrected chi connectivity index (χ4v) is 3.31. The van der Waals surface area contributed by atoms with Gasteiger partial charge in [-0.15, -0.1) is 0 Å². The summed E-state index contributed by atoms with van der Waals surface area (Å²) in [5.74, 6) is -0.0875. The molecule has 0 aliphatic carbocycles. The minimum Gasteiger partial charge on any atom is -0.382 e. The van der Waals surface area contributed by atoms with Crippen molar-refractivity contribution in [3.8, 4) is 0 Å². The van der Waals surface area contributed by atoms with Crippen molar-refractivity contribution in [1.82, 2.24) is 19.7 Å². The maximum Gasteiger partial charge on any atom is 0.318 e. The van der Waals surface area contributed by atoms with Gasteiger partial charge in [0.1, 0.15) is 6.54 Å². The Hall–Kier alpha value is -2.80. The molecule has 0 unspecified atom stereocenters. The summed E-state index contributed by atoms with van der Waals surface area (Å²) in [6, 6.07) is 13.7. The Morgan fingerprint density at radius 2 is 1.75 bits per heavy atom. The number of nitrogens with one attached hydrogen (secondary N) is 1. The lowest BCUT2D eigenvalue weighted by Crippen LogP contribution is -2.51. The van der Waals surface area contributed by atoms with Crippen molar-refractivity contribution in [2.45, 2.75) is 52.7 Å². The molecule has 2 rings (SSSR count). The van der Waals surface area contributed by atoms with Gasteiger partial charge >= 0.3 is 6.03 Å². The van der Waals surface area contributed by atoms with Gasteiger partial charge in [-0.1, -0.05) is 30.3 Å². The van der Waals surface area contributed by atoms with Crippen LogP contribution in [0.25, 0.3) is 0 Å². The van der Waals surface area contributed by atoms with E-state index in [1.54, 1.807) is 4.90 Å². The number of hydrogen-bond acceptors (Lipinski definition) is 3. The third-order valence-electron chi connectivity index (χ3n) is 4.99. The van der Waals surface area contributed by atoms with E-state index in [0.29, 0.717) is 39.3 Å². The molecule has 7 nitrogen and oxygen atoms in total. The number of amides is 3. The van der Waals surface area contributed by atoms with Crippen LogP contribution >= 0.6 is 0 Å². The molecule has 1 N–H and O–H groups in total. The highest BCUT2D eigenvalue weighted by Gasteiger charge is 2.24. The smallest absolute Gasteiger partial charge is 0.318 e. The number of aromatic nitrogens is 1. The molecule has 0 radical (unpaired) electrons. The normalized spacial score (nSPS) is 11.3. The lowest BCUT2D eigenvalue weighted by Gasteiger charge is -2.30. The summed E-state index contributed by atoms with van der Waals surface area (Å²) in [7, 11) is 1.97. The predicted octanol–water partition coefficient (Wildman–Crippen LogP) is 3.79. The number of nitrogens with zero attached hydrogens (tertiary/aromatic N) is 3. The van der Waals surface area contributed by atoms with Crippen molar-refractivity contribution in [1.29, 1.82) is 0 Å². The number of carbonyl (C=O) groups excluding carboxylic acids is 2. The van der Waals surface area contributed by atoms with E-state index in [1.165, 1.54) is 0 Å². The quantitative estimate of drug-likeness (QED) is 0.539. The average molecular weight is 443 g/mol. The summed E-state index contributed by atoms with van der Waals surface area (Å²) in [5.41, 5.74) is 1.71. The zero-order valence-electron chi connectivity index (χ0n) is 20.1. The molecule has 1 aromatic heterocycles. The Kier molecular flexibility index (Phi) is 9.78. The first kappa shape index (κ1) is 25.5. The van der Waals surface area contributed by atoms with Gasteiger partial charge in [-0.3, -0.25) is 4.79 Å². The van der Waals surface area contributed by atoms with Crippen molar-refractivity contribution in [2.24, 2.45) is 7.05 Å². The van der Waals surface area contributed by atoms with Gasteiger partial charge in [-0.05, 0) is 51.8 Å². The van der Waals surface area contributed by atoms with E-state index in [0.717, 1.165) is 11.3 Å². The molecular formula is C25H38N4O3. The molecule has 32 heavy (non-hydrogen) atoms. The standard InChI is InChI=1S/C25H38N4O3/c1-6-32-17-11-16-28(24(31)26-25(2,3)4)20-23(30)29(18-21-12-8-7-9-13-21)19-22-14-10-15-27(22)5/h7-10,12-15H,6,11,16-20H2,1-5H3,(H,26,31). The van der Waals surface area contributed by atoms with Crippen LogP contribution in [0.15, 0.2) is 48.7 Å². The number of rotatable bonds is 11. The molecule has 0 aliphatic heterocycles. The monoisotopic (exact) mass is 442 g/mol. The molecule has 0 saturated carbocycles. The number of aryl methyl sites for hydroxylation is 1. The van der Waals surface area contributed by atoms with Crippen LogP contribution in [-0.4, -0.2) is 58.1 Å². The first-order valence-corrected chi connectivity index (χ1v) is 11.3. The summed E-state index contributed by atoms with van der Waals surface area (Å²) in [6.45, 7) is 10.4. The van der Waals surface area contributed by atoms with Crippen LogP contribution in [0.5, 0.6) is 0 Å². The fourth-order valence-electron chi connectivity index (χ4n) is 3.31. The second-order valence-electron chi connectivity index (χ2n) is 9.00. The number of urea groups is 1. The Morgan fingerprint density at radius 3 is 2.34 bits per heavy atom. The number of hydrogen-bond donors (Lipinski definition) is 1. The number of carbonyl (C=O) groups is 2. The third-order valence-corrected chi connectivity index (χ3v) is 4.99. The minimum atomic E-state index is -0.384. The molecule has 3 amide bonds. The zero-order chi connectivity index (χ0) is 23.6. The van der Waals surface area contributed by atoms with Crippen LogP contribution in [0.3, 0.4) is 0 Å². The summed E-state index contributed by atoms with van der Waals surface area (Å²) in [4.78, 5) is 29.7. The van der Waals surface area contributed by atoms with Gasteiger partial charge < -0.3 is 24.4 Å². The lowest BCUT2D eigenvalue weighted by atomic mass is 10.1. The summed E-state index contributed by atoms with van der Waals surface area (Å²) in [6.07, 6.45) is 2.65. The highest BCUT2D eigenvalue weighted by atomic mass is 16.5. The molecule has 7 heteroatoms. The Bertz CT molecular complexity index is 842. The second-order valence-corrected chi connectivity index (χ2v) is 9.00. The minimum absolute atomic E-state index is 0.0191. The van der Waals surface area contributed by atoms with E-state index in [1.807, 2.05) is 92.9 Å². The average Bonchev–Trinajstić information content (AvgIpc) is 3.13. The van der Waals surface area contributed by atoms with E-state index in [2.05, 4.69) is 5.32 Å². The molecule has 0 spiro atoms. The summed E-state index contributed by atoms with van der Waals surface area (Å²) >= 11 is 0. The van der Waals surface area contributed by atoms with Crippen LogP contribution in [0.2, 0.25) is 0 Å². The largest absolute Gasteiger partial charge is 0.382 e. The second kappa shape index (κ2) is 12.3. The van der Waals surface area contributed by atoms with Gasteiger partial charge in [0.05, 0.1) is 6.54 Å². The molecule has 0 aliphatic rings. The highest BCUT2D eigenvalue weighted by molar-refractivity contribution is 5.84. The summed E-state index contributed by atoms with van der Waals surface area (Å²) in [5, 5.41) is 2.98. The van der Waals surface area contributed by atoms with E-state index < -0.39 is 0 Å². The van der Waals surface area contributed by atoms with Crippen LogP contribution in [0.1, 0.15) is 45.4 Å². The molecule has 176 valence electrons. The van der Waals surface area contributed by atoms with Crippen LogP contribution in [0.4, 0.5) is 4.79 Å². The molecule has 1 heterocycles. The fraction of sp³-hybridized carbons (Fsp3) is 0.520. The summed E-state index contributed by atoms with van der Waals surface area (Å²) < 4.78 is 7.43. The molecule has 0 fully saturated rings. The van der Waals surface area contributed by atoms with Crippen molar-refractivity contribution in [2.75, 3.05) is 26.3 Å². The molecule has 1 aromatic carbocycles. The van der Waals surface area contributed by atoms with Gasteiger partial charge in [-0.25, -0.2) is 4.79 Å². The first-order valence-electron chi connectivity index (χ1n) is 11.3. The van der Waals surface area contributed by atoms with Crippen LogP contribution < -0.4 is 5.32 Å². The van der Waals surface area contributed by atoms with Crippen LogP contribution in [0, 0.1) is 0 Å². The molecular weight excluding hydrogens is 404 g/mol. The van der Waals surface area contributed by atoms with Gasteiger partial charge in [0.15, 0.2) is 0 Å². The van der Waals surface area contributed by atoms with E-state index in [9.17, 15) is 9.59 Å². The Morgan fingerprint density at radius 1 is 1.03 bits per heavy atom. The van der Waals surface area contributed by atoms with E-state index >= 15 is 0 Å². The Labute approximate surface area is 192 Å². The van der Waals surface area contributed by atoms with Gasteiger partial charge in [0.2, 0.25) is 5.91 Å². The first-order chi connectivity index (χ1) is 15.2. The van der Waals surface area contributed by atoms with Gasteiger partial charge in [0.25, 0.3) is 0 Å². The van der Waals surface area contributed by atoms with Crippen LogP contribution in [-0.2, 0) is 29.7 Å². The highest BCUT2D eigenvalue weighted by Crippen LogP contribution is 2.12. The number of benzene rings is 1. The Balaban J connectivity index is 2.16. The SMILES string of the molecule is CCOCCCN(CC(=O)N(Cc1ccccc1)Cc1cccn1C)C(=O)NC(C)(C)C. The maximum atomic E-state index is 13.4. The third kappa shape index (κ3) is 8.75. The van der Waals surface area contributed by atoms with Gasteiger partial charge in [0, 0.05) is 50.8 Å². The molecule has 0 saturated heterocycles. The van der Waals surface area contributed by atoms with Gasteiger partial charge in [-0.2, -0.15) is 0 Å². The zero-order valence-corrected chi connectivity index (χ0v) is 20.1. The molecule has 0 bridgehead atoms. The van der Waals surface area contributed by atoms with Crippen molar-refractivity contribution in [3.63, 3.8) is 0 Å². The van der Waals surface area contributed by atoms with E-state index in [-0.39, 0.29) is 24.0 Å². The predicted molar refractivity (Wildman–Crippen MR) is 127 cm³/mol. The lowest BCUT2D eigenvalue weighted by molar-refractivity contribution is -0.133. The van der Waals surface area contributed by atoms with Crippen molar-refractivity contribution >= 4 is 11.9 Å². The topological polar surface area (TPSA) is 66.8 Å². The maximum absolute atomic E-state index is 13.4. The van der Waals surface area contributed by atoms with Crippen molar-refractivity contribution < 1.29 is 14.3 Å². The molecule has 2 aromatic rings. The molecule has 0 atom stereocenters. The number of ether oxygens (including phenoxy) is 1. The van der Waals surface area contributed by atoms with E-state index in [4.69, 9.17) is 4.74 Å². The van der Waals surface area contributed by atoms with Crippen molar-refractivity contribution in [3.05, 3.63) is 59.9 Å².